The quantitative estimate of drug-likeness (QED) is 0.464. The number of aromatic nitrogens is 3. The highest BCUT2D eigenvalue weighted by Crippen LogP contribution is 2.28. The molecule has 2 aromatic heterocycles. The molecule has 7 nitrogen and oxygen atoms in total. The van der Waals surface area contributed by atoms with Crippen molar-refractivity contribution in [3.05, 3.63) is 77.9 Å². The van der Waals surface area contributed by atoms with Crippen LogP contribution in [0.25, 0.3) is 16.4 Å². The number of nitrogens with zero attached hydrogens (tertiary/aromatic N) is 3. The van der Waals surface area contributed by atoms with E-state index in [9.17, 15) is 22.0 Å². The third kappa shape index (κ3) is 4.09. The van der Waals surface area contributed by atoms with E-state index in [0.29, 0.717) is 11.5 Å². The number of hydrogen-bond donors (Lipinski definition) is 1. The van der Waals surface area contributed by atoms with Crippen molar-refractivity contribution in [3.8, 4) is 16.4 Å². The highest BCUT2D eigenvalue weighted by Gasteiger charge is 2.30. The van der Waals surface area contributed by atoms with E-state index in [0.717, 1.165) is 10.9 Å². The Kier molecular flexibility index (Phi) is 5.61. The summed E-state index contributed by atoms with van der Waals surface area (Å²) in [5.41, 5.74) is 0.389. The van der Waals surface area contributed by atoms with Gasteiger partial charge in [0, 0.05) is 0 Å². The number of halogens is 2. The van der Waals surface area contributed by atoms with E-state index in [2.05, 4.69) is 15.4 Å². The van der Waals surface area contributed by atoms with Gasteiger partial charge >= 0.3 is 5.76 Å². The van der Waals surface area contributed by atoms with Crippen molar-refractivity contribution in [1.29, 1.82) is 0 Å². The van der Waals surface area contributed by atoms with Crippen LogP contribution in [0.15, 0.2) is 77.0 Å². The third-order valence-corrected chi connectivity index (χ3v) is 6.53. The Morgan fingerprint density at radius 3 is 2.39 bits per heavy atom. The highest BCUT2D eigenvalue weighted by atomic mass is 32.2. The van der Waals surface area contributed by atoms with Crippen molar-refractivity contribution in [3.63, 3.8) is 0 Å². The lowest BCUT2D eigenvalue weighted by Crippen LogP contribution is -2.19. The number of hydrogen-bond acceptors (Lipinski definition) is 6. The molecule has 4 rings (SSSR count). The van der Waals surface area contributed by atoms with E-state index in [1.54, 1.807) is 24.3 Å². The number of sulfone groups is 1. The van der Waals surface area contributed by atoms with Gasteiger partial charge in [0.1, 0.15) is 0 Å². The number of carbonyl (C=O) groups is 1. The summed E-state index contributed by atoms with van der Waals surface area (Å²) in [5.74, 6) is -4.27. The summed E-state index contributed by atoms with van der Waals surface area (Å²) in [6.45, 7) is 0. The van der Waals surface area contributed by atoms with Crippen LogP contribution in [-0.2, 0) is 9.84 Å². The van der Waals surface area contributed by atoms with Gasteiger partial charge < -0.3 is 5.32 Å². The number of carbonyl (C=O) groups excluding carboxylic acids is 1. The van der Waals surface area contributed by atoms with Gasteiger partial charge in [0.15, 0.2) is 5.82 Å². The minimum atomic E-state index is -4.91. The molecule has 0 spiro atoms. The number of para-hydroxylation sites is 2. The molecule has 11 heteroatoms. The lowest BCUT2D eigenvalue weighted by atomic mass is 10.3. The maximum Gasteiger partial charge on any atom is 0.341 e. The van der Waals surface area contributed by atoms with Crippen molar-refractivity contribution in [2.75, 3.05) is 5.32 Å². The highest BCUT2D eigenvalue weighted by molar-refractivity contribution is 7.91. The maximum atomic E-state index is 13.0. The summed E-state index contributed by atoms with van der Waals surface area (Å²) in [6.07, 6.45) is 0. The van der Waals surface area contributed by atoms with Crippen molar-refractivity contribution < 1.29 is 22.0 Å². The molecule has 2 aromatic carbocycles. The molecule has 0 atom stereocenters. The lowest BCUT2D eigenvalue weighted by molar-refractivity contribution is 0.101. The van der Waals surface area contributed by atoms with Gasteiger partial charge in [0.2, 0.25) is 15.7 Å². The lowest BCUT2D eigenvalue weighted by Gasteiger charge is -2.10. The van der Waals surface area contributed by atoms with Crippen molar-refractivity contribution in [2.45, 2.75) is 10.7 Å². The number of nitrogens with one attached hydrogen (secondary N) is 1. The van der Waals surface area contributed by atoms with E-state index >= 15 is 0 Å². The van der Waals surface area contributed by atoms with E-state index in [4.69, 9.17) is 0 Å². The first-order valence-electron chi connectivity index (χ1n) is 8.86. The topological polar surface area (TPSA) is 94.0 Å². The van der Waals surface area contributed by atoms with Crippen LogP contribution in [0, 0.1) is 0 Å². The number of rotatable bonds is 6. The molecule has 2 heterocycles. The van der Waals surface area contributed by atoms with E-state index in [1.165, 1.54) is 34.2 Å². The second-order valence-electron chi connectivity index (χ2n) is 6.24. The molecule has 0 unspecified atom stereocenters. The number of anilines is 1. The van der Waals surface area contributed by atoms with Gasteiger partial charge in [-0.15, -0.1) is 16.4 Å². The average Bonchev–Trinajstić information content (AvgIpc) is 3.44. The Bertz CT molecular complexity index is 1320. The molecule has 0 aliphatic carbocycles. The number of amides is 1. The van der Waals surface area contributed by atoms with E-state index < -0.39 is 26.4 Å². The van der Waals surface area contributed by atoms with Gasteiger partial charge in [-0.05, 0) is 35.7 Å². The molecule has 158 valence electrons. The van der Waals surface area contributed by atoms with Crippen LogP contribution in [0.3, 0.4) is 0 Å². The van der Waals surface area contributed by atoms with E-state index in [1.807, 2.05) is 23.6 Å². The zero-order valence-electron chi connectivity index (χ0n) is 15.6. The van der Waals surface area contributed by atoms with Gasteiger partial charge in [-0.1, -0.05) is 36.4 Å². The summed E-state index contributed by atoms with van der Waals surface area (Å²) in [4.78, 5) is 17.2. The molecule has 0 aliphatic heterocycles. The van der Waals surface area contributed by atoms with Gasteiger partial charge in [-0.25, -0.2) is 18.1 Å². The fourth-order valence-corrected chi connectivity index (χ4v) is 4.40. The Labute approximate surface area is 179 Å². The smallest absolute Gasteiger partial charge is 0.318 e. The monoisotopic (exact) mass is 460 g/mol. The largest absolute Gasteiger partial charge is 0.341 e. The first-order chi connectivity index (χ1) is 14.9. The minimum absolute atomic E-state index is 0.239. The minimum Gasteiger partial charge on any atom is -0.318 e. The van der Waals surface area contributed by atoms with Gasteiger partial charge in [-0.2, -0.15) is 8.78 Å². The molecular weight excluding hydrogens is 446 g/mol. The standard InChI is InChI=1S/C20H14F2N4O3S2/c21-20(22)31(28,29)16-11-5-4-9-14(16)23-19(27)17-24-18(15-10-6-12-30-15)26(25-17)13-7-2-1-3-8-13/h1-12,20H,(H,23,27). The van der Waals surface area contributed by atoms with Crippen LogP contribution >= 0.6 is 11.3 Å². The fraction of sp³-hybridized carbons (Fsp3) is 0.0500. The zero-order chi connectivity index (χ0) is 22.0. The van der Waals surface area contributed by atoms with Crippen molar-refractivity contribution in [1.82, 2.24) is 14.8 Å². The first-order valence-corrected chi connectivity index (χ1v) is 11.3. The maximum absolute atomic E-state index is 13.0. The molecule has 0 aliphatic rings. The molecule has 0 fully saturated rings. The third-order valence-electron chi connectivity index (χ3n) is 4.23. The Morgan fingerprint density at radius 1 is 1.00 bits per heavy atom. The molecule has 0 bridgehead atoms. The Morgan fingerprint density at radius 2 is 1.71 bits per heavy atom. The van der Waals surface area contributed by atoms with Gasteiger partial charge in [-0.3, -0.25) is 4.79 Å². The SMILES string of the molecule is O=C(Nc1ccccc1S(=O)(=O)C(F)F)c1nc(-c2cccs2)n(-c2ccccc2)n1. The number of alkyl halides is 2. The summed E-state index contributed by atoms with van der Waals surface area (Å²) in [5, 5.41) is 8.45. The zero-order valence-corrected chi connectivity index (χ0v) is 17.3. The van der Waals surface area contributed by atoms with Crippen LogP contribution < -0.4 is 5.32 Å². The molecule has 0 radical (unpaired) electrons. The second-order valence-corrected chi connectivity index (χ2v) is 9.07. The Balaban J connectivity index is 1.73. The number of thiophene rings is 1. The first kappa shape index (κ1) is 20.8. The summed E-state index contributed by atoms with van der Waals surface area (Å²) in [7, 11) is -4.91. The summed E-state index contributed by atoms with van der Waals surface area (Å²) in [6, 6.07) is 17.6. The van der Waals surface area contributed by atoms with E-state index in [-0.39, 0.29) is 11.5 Å². The Hall–Kier alpha value is -3.44. The summed E-state index contributed by atoms with van der Waals surface area (Å²) < 4.78 is 51.4. The molecule has 31 heavy (non-hydrogen) atoms. The van der Waals surface area contributed by atoms with Crippen LogP contribution in [0.4, 0.5) is 14.5 Å². The molecular formula is C20H14F2N4O3S2. The predicted octanol–water partition coefficient (Wildman–Crippen LogP) is 4.24. The predicted molar refractivity (Wildman–Crippen MR) is 112 cm³/mol. The van der Waals surface area contributed by atoms with Crippen LogP contribution in [0.2, 0.25) is 0 Å². The van der Waals surface area contributed by atoms with Gasteiger partial charge in [0.05, 0.1) is 21.1 Å². The molecule has 1 N–H and O–H groups in total. The van der Waals surface area contributed by atoms with Crippen LogP contribution in [0.1, 0.15) is 10.6 Å². The fourth-order valence-electron chi connectivity index (χ4n) is 2.81. The average molecular weight is 460 g/mol. The van der Waals surface area contributed by atoms with Crippen molar-refractivity contribution >= 4 is 32.8 Å². The van der Waals surface area contributed by atoms with Crippen LogP contribution in [0.5, 0.6) is 0 Å². The molecule has 4 aromatic rings. The molecule has 0 saturated heterocycles. The van der Waals surface area contributed by atoms with Crippen molar-refractivity contribution in [2.24, 2.45) is 0 Å². The summed E-state index contributed by atoms with van der Waals surface area (Å²) >= 11 is 1.41. The van der Waals surface area contributed by atoms with Crippen LogP contribution in [-0.4, -0.2) is 34.8 Å². The normalized spacial score (nSPS) is 11.6. The number of benzene rings is 2. The van der Waals surface area contributed by atoms with Gasteiger partial charge in [0.25, 0.3) is 5.91 Å². The second kappa shape index (κ2) is 8.36. The molecule has 1 amide bonds. The molecule has 0 saturated carbocycles.